The van der Waals surface area contributed by atoms with Gasteiger partial charge in [0.05, 0.1) is 11.3 Å². The van der Waals surface area contributed by atoms with Gasteiger partial charge in [0.2, 0.25) is 0 Å². The number of hydrogen-bond acceptors (Lipinski definition) is 6. The van der Waals surface area contributed by atoms with Crippen LogP contribution in [0.5, 0.6) is 0 Å². The standard InChI is InChI=1S/C28H30F5N5O2S/c29-21-16-26(41(39,40)37-27-9-10-34-17-35-27)22(30)15-24(21)36-23-8-7-19(14-25(23)38-11-2-1-3-12-38)18-5-4-6-20(13-18)28(31,32)33/h4-6,9-10,13,15-17,19,23,25,36H,1-3,7-8,11-12,14H2,(H,34,35,37)/t19-,23-,25-/m0/s1. The van der Waals surface area contributed by atoms with Crippen molar-refractivity contribution in [3.8, 4) is 0 Å². The van der Waals surface area contributed by atoms with Crippen molar-refractivity contribution in [3.05, 3.63) is 77.8 Å². The van der Waals surface area contributed by atoms with Crippen LogP contribution in [0.1, 0.15) is 55.6 Å². The normalized spacial score (nSPS) is 22.3. The zero-order valence-electron chi connectivity index (χ0n) is 22.0. The maximum atomic E-state index is 15.3. The van der Waals surface area contributed by atoms with E-state index in [-0.39, 0.29) is 29.5 Å². The minimum atomic E-state index is -4.47. The van der Waals surface area contributed by atoms with Crippen molar-refractivity contribution >= 4 is 21.5 Å². The zero-order chi connectivity index (χ0) is 29.2. The molecule has 0 radical (unpaired) electrons. The number of alkyl halides is 3. The first-order valence-electron chi connectivity index (χ1n) is 13.5. The molecule has 1 saturated carbocycles. The Balaban J connectivity index is 1.37. The highest BCUT2D eigenvalue weighted by Crippen LogP contribution is 2.40. The smallest absolute Gasteiger partial charge is 0.378 e. The zero-order valence-corrected chi connectivity index (χ0v) is 22.9. The highest BCUT2D eigenvalue weighted by molar-refractivity contribution is 7.92. The summed E-state index contributed by atoms with van der Waals surface area (Å²) in [5, 5.41) is 3.10. The van der Waals surface area contributed by atoms with Gasteiger partial charge in [0, 0.05) is 24.3 Å². The predicted octanol–water partition coefficient (Wildman–Crippen LogP) is 6.18. The number of hydrogen-bond donors (Lipinski definition) is 2. The van der Waals surface area contributed by atoms with E-state index < -0.39 is 38.3 Å². The molecular formula is C28H30F5N5O2S. The molecule has 41 heavy (non-hydrogen) atoms. The first kappa shape index (κ1) is 29.2. The van der Waals surface area contributed by atoms with Crippen LogP contribution in [0, 0.1) is 11.6 Å². The van der Waals surface area contributed by atoms with E-state index in [1.54, 1.807) is 6.07 Å². The predicted molar refractivity (Wildman–Crippen MR) is 144 cm³/mol. The second kappa shape index (κ2) is 11.9. The van der Waals surface area contributed by atoms with E-state index >= 15 is 8.78 Å². The molecule has 0 unspecified atom stereocenters. The van der Waals surface area contributed by atoms with Crippen LogP contribution in [0.2, 0.25) is 0 Å². The summed E-state index contributed by atoms with van der Waals surface area (Å²) in [5.74, 6) is -2.29. The number of sulfonamides is 1. The van der Waals surface area contributed by atoms with Gasteiger partial charge in [-0.3, -0.25) is 9.62 Å². The van der Waals surface area contributed by atoms with Crippen LogP contribution in [-0.2, 0) is 16.2 Å². The molecule has 13 heteroatoms. The largest absolute Gasteiger partial charge is 0.416 e. The van der Waals surface area contributed by atoms with Crippen molar-refractivity contribution in [2.75, 3.05) is 23.1 Å². The average Bonchev–Trinajstić information content (AvgIpc) is 2.95. The monoisotopic (exact) mass is 595 g/mol. The van der Waals surface area contributed by atoms with E-state index in [1.807, 2.05) is 0 Å². The fourth-order valence-electron chi connectivity index (χ4n) is 5.83. The Morgan fingerprint density at radius 1 is 0.951 bits per heavy atom. The lowest BCUT2D eigenvalue weighted by Gasteiger charge is -2.45. The van der Waals surface area contributed by atoms with Gasteiger partial charge in [-0.05, 0) is 74.9 Å². The lowest BCUT2D eigenvalue weighted by molar-refractivity contribution is -0.137. The molecule has 0 spiro atoms. The lowest BCUT2D eigenvalue weighted by Crippen LogP contribution is -2.51. The molecule has 220 valence electrons. The number of nitrogens with one attached hydrogen (secondary N) is 2. The molecular weight excluding hydrogens is 565 g/mol. The van der Waals surface area contributed by atoms with Gasteiger partial charge in [-0.15, -0.1) is 0 Å². The maximum absolute atomic E-state index is 15.3. The molecule has 2 fully saturated rings. The van der Waals surface area contributed by atoms with E-state index in [4.69, 9.17) is 0 Å². The van der Waals surface area contributed by atoms with Gasteiger partial charge in [0.1, 0.15) is 28.7 Å². The summed E-state index contributed by atoms with van der Waals surface area (Å²) in [6.45, 7) is 1.61. The summed E-state index contributed by atoms with van der Waals surface area (Å²) in [6, 6.07) is 7.69. The molecule has 0 bridgehead atoms. The molecule has 5 rings (SSSR count). The molecule has 2 aromatic carbocycles. The maximum Gasteiger partial charge on any atom is 0.416 e. The van der Waals surface area contributed by atoms with Crippen LogP contribution < -0.4 is 10.0 Å². The molecule has 1 aliphatic heterocycles. The third-order valence-electron chi connectivity index (χ3n) is 7.83. The van der Waals surface area contributed by atoms with Crippen LogP contribution >= 0.6 is 0 Å². The van der Waals surface area contributed by atoms with Gasteiger partial charge in [-0.2, -0.15) is 13.2 Å². The van der Waals surface area contributed by atoms with E-state index in [0.717, 1.165) is 50.8 Å². The molecule has 7 nitrogen and oxygen atoms in total. The highest BCUT2D eigenvalue weighted by Gasteiger charge is 2.37. The van der Waals surface area contributed by atoms with Crippen molar-refractivity contribution in [3.63, 3.8) is 0 Å². The van der Waals surface area contributed by atoms with Gasteiger partial charge < -0.3 is 5.32 Å². The van der Waals surface area contributed by atoms with Crippen molar-refractivity contribution < 1.29 is 30.4 Å². The molecule has 2 N–H and O–H groups in total. The Morgan fingerprint density at radius 2 is 1.73 bits per heavy atom. The average molecular weight is 596 g/mol. The van der Waals surface area contributed by atoms with Crippen LogP contribution in [0.25, 0.3) is 0 Å². The Kier molecular flexibility index (Phi) is 8.46. The van der Waals surface area contributed by atoms with Gasteiger partial charge in [0.25, 0.3) is 10.0 Å². The van der Waals surface area contributed by atoms with Crippen LogP contribution in [0.3, 0.4) is 0 Å². The SMILES string of the molecule is O=S(=O)(Nc1ccncn1)c1cc(F)c(N[C@H]2CC[C@H](c3cccc(C(F)(F)F)c3)C[C@@H]2N2CCCCC2)cc1F. The number of piperidine rings is 1. The minimum absolute atomic E-state index is 0.0936. The summed E-state index contributed by atoms with van der Waals surface area (Å²) in [7, 11) is -4.47. The summed E-state index contributed by atoms with van der Waals surface area (Å²) >= 11 is 0. The van der Waals surface area contributed by atoms with Crippen LogP contribution in [-0.4, -0.2) is 48.5 Å². The van der Waals surface area contributed by atoms with Crippen LogP contribution in [0.4, 0.5) is 33.5 Å². The van der Waals surface area contributed by atoms with Gasteiger partial charge in [-0.25, -0.2) is 27.2 Å². The summed E-state index contributed by atoms with van der Waals surface area (Å²) in [6.07, 6.45) is 2.64. The number of benzene rings is 2. The van der Waals surface area contributed by atoms with Crippen molar-refractivity contribution in [2.45, 2.75) is 67.6 Å². The molecule has 3 aromatic rings. The number of rotatable bonds is 7. The molecule has 0 amide bonds. The Labute approximate surface area is 235 Å². The molecule has 1 saturated heterocycles. The topological polar surface area (TPSA) is 87.2 Å². The van der Waals surface area contributed by atoms with E-state index in [0.29, 0.717) is 30.9 Å². The Bertz CT molecular complexity index is 1470. The van der Waals surface area contributed by atoms with Crippen LogP contribution in [0.15, 0.2) is 59.9 Å². The number of likely N-dealkylation sites (tertiary alicyclic amines) is 1. The van der Waals surface area contributed by atoms with E-state index in [1.165, 1.54) is 24.4 Å². The number of nitrogens with zero attached hydrogens (tertiary/aromatic N) is 3. The Morgan fingerprint density at radius 3 is 2.44 bits per heavy atom. The number of anilines is 2. The summed E-state index contributed by atoms with van der Waals surface area (Å²) in [5.41, 5.74) is -0.247. The van der Waals surface area contributed by atoms with E-state index in [2.05, 4.69) is 24.9 Å². The molecule has 1 aromatic heterocycles. The second-order valence-electron chi connectivity index (χ2n) is 10.5. The molecule has 3 atom stereocenters. The van der Waals surface area contributed by atoms with Gasteiger partial charge >= 0.3 is 6.18 Å². The third-order valence-corrected chi connectivity index (χ3v) is 9.20. The summed E-state index contributed by atoms with van der Waals surface area (Å²) < 4.78 is 98.0. The van der Waals surface area contributed by atoms with Crippen molar-refractivity contribution in [1.29, 1.82) is 0 Å². The third kappa shape index (κ3) is 6.78. The molecule has 2 heterocycles. The quantitative estimate of drug-likeness (QED) is 0.318. The van der Waals surface area contributed by atoms with Gasteiger partial charge in [0.15, 0.2) is 0 Å². The Hall–Kier alpha value is -3.32. The molecule has 1 aliphatic carbocycles. The lowest BCUT2D eigenvalue weighted by atomic mass is 9.77. The first-order chi connectivity index (χ1) is 19.5. The van der Waals surface area contributed by atoms with E-state index in [9.17, 15) is 21.6 Å². The number of aromatic nitrogens is 2. The van der Waals surface area contributed by atoms with Gasteiger partial charge in [-0.1, -0.05) is 24.6 Å². The first-order valence-corrected chi connectivity index (χ1v) is 15.0. The molecule has 2 aliphatic rings. The van der Waals surface area contributed by atoms with Crippen molar-refractivity contribution in [2.24, 2.45) is 0 Å². The minimum Gasteiger partial charge on any atom is -0.378 e. The summed E-state index contributed by atoms with van der Waals surface area (Å²) in [4.78, 5) is 8.84. The fraction of sp³-hybridized carbons (Fsp3) is 0.429. The number of halogens is 5. The highest BCUT2D eigenvalue weighted by atomic mass is 32.2. The second-order valence-corrected chi connectivity index (χ2v) is 12.2. The fourth-order valence-corrected chi connectivity index (χ4v) is 6.91. The van der Waals surface area contributed by atoms with Crippen molar-refractivity contribution in [1.82, 2.24) is 14.9 Å².